The molecule has 2 aromatic carbocycles. The summed E-state index contributed by atoms with van der Waals surface area (Å²) in [7, 11) is 3.34. The van der Waals surface area contributed by atoms with Gasteiger partial charge in [0.15, 0.2) is 18.1 Å². The lowest BCUT2D eigenvalue weighted by molar-refractivity contribution is -0.134. The molecule has 0 aliphatic carbocycles. The Labute approximate surface area is 150 Å². The number of hydrogen-bond acceptors (Lipinski definition) is 5. The van der Waals surface area contributed by atoms with E-state index in [1.807, 2.05) is 43.3 Å². The molecule has 3 aromatic rings. The number of nitrogens with zero attached hydrogens (tertiary/aromatic N) is 2. The molecule has 1 aromatic heterocycles. The van der Waals surface area contributed by atoms with E-state index >= 15 is 0 Å². The van der Waals surface area contributed by atoms with E-state index in [1.54, 1.807) is 42.5 Å². The number of benzene rings is 2. The van der Waals surface area contributed by atoms with Gasteiger partial charge >= 0.3 is 0 Å². The number of hydrogen-bond donors (Lipinski definition) is 0. The van der Waals surface area contributed by atoms with E-state index < -0.39 is 0 Å². The van der Waals surface area contributed by atoms with Gasteiger partial charge in [-0.1, -0.05) is 24.3 Å². The second kappa shape index (κ2) is 7.53. The summed E-state index contributed by atoms with van der Waals surface area (Å²) in [6.45, 7) is 1.92. The van der Waals surface area contributed by atoms with Crippen molar-refractivity contribution in [2.45, 2.75) is 13.0 Å². The number of likely N-dealkylation sites (N-methyl/N-ethyl adjacent to an activating group) is 1. The second-order valence-electron chi connectivity index (χ2n) is 5.64. The van der Waals surface area contributed by atoms with Crippen LogP contribution in [0, 0.1) is 0 Å². The van der Waals surface area contributed by atoms with Crippen molar-refractivity contribution in [3.8, 4) is 11.5 Å². The van der Waals surface area contributed by atoms with Crippen LogP contribution in [0.2, 0.25) is 0 Å². The molecule has 0 spiro atoms. The number of para-hydroxylation sites is 3. The van der Waals surface area contributed by atoms with Gasteiger partial charge in [0.25, 0.3) is 5.91 Å². The van der Waals surface area contributed by atoms with Crippen molar-refractivity contribution >= 4 is 27.5 Å². The van der Waals surface area contributed by atoms with E-state index in [-0.39, 0.29) is 18.6 Å². The molecule has 25 heavy (non-hydrogen) atoms. The lowest BCUT2D eigenvalue weighted by Crippen LogP contribution is -2.33. The molecule has 130 valence electrons. The molecule has 0 saturated heterocycles. The Kier molecular flexibility index (Phi) is 5.19. The van der Waals surface area contributed by atoms with Gasteiger partial charge in [-0.05, 0) is 31.2 Å². The first-order valence-corrected chi connectivity index (χ1v) is 8.78. The largest absolute Gasteiger partial charge is 0.493 e. The average molecular weight is 356 g/mol. The minimum atomic E-state index is -0.119. The lowest BCUT2D eigenvalue weighted by Gasteiger charge is -2.23. The predicted molar refractivity (Wildman–Crippen MR) is 99.3 cm³/mol. The molecular formula is C19H20N2O3S. The van der Waals surface area contributed by atoms with Crippen LogP contribution < -0.4 is 9.47 Å². The fraction of sp³-hybridized carbons (Fsp3) is 0.263. The first-order valence-electron chi connectivity index (χ1n) is 7.97. The summed E-state index contributed by atoms with van der Waals surface area (Å²) in [4.78, 5) is 18.8. The summed E-state index contributed by atoms with van der Waals surface area (Å²) in [6, 6.07) is 15.1. The van der Waals surface area contributed by atoms with Crippen LogP contribution >= 0.6 is 11.3 Å². The molecule has 6 heteroatoms. The van der Waals surface area contributed by atoms with Gasteiger partial charge in [0, 0.05) is 7.05 Å². The van der Waals surface area contributed by atoms with Crippen LogP contribution in [-0.2, 0) is 4.79 Å². The van der Waals surface area contributed by atoms with Crippen molar-refractivity contribution in [2.75, 3.05) is 20.8 Å². The van der Waals surface area contributed by atoms with Crippen LogP contribution in [0.15, 0.2) is 48.5 Å². The average Bonchev–Trinajstić information content (AvgIpc) is 3.09. The molecule has 1 atom stereocenters. The normalized spacial score (nSPS) is 12.0. The van der Waals surface area contributed by atoms with Crippen LogP contribution in [-0.4, -0.2) is 36.6 Å². The van der Waals surface area contributed by atoms with E-state index in [0.717, 1.165) is 15.2 Å². The minimum absolute atomic E-state index is 0.0495. The molecule has 0 fully saturated rings. The quantitative estimate of drug-likeness (QED) is 0.672. The van der Waals surface area contributed by atoms with Gasteiger partial charge in [-0.3, -0.25) is 4.79 Å². The zero-order valence-corrected chi connectivity index (χ0v) is 15.2. The van der Waals surface area contributed by atoms with Crippen LogP contribution in [0.4, 0.5) is 0 Å². The number of fused-ring (bicyclic) bond motifs is 1. The van der Waals surface area contributed by atoms with Gasteiger partial charge in [-0.15, -0.1) is 11.3 Å². The highest BCUT2D eigenvalue weighted by molar-refractivity contribution is 7.18. The van der Waals surface area contributed by atoms with E-state index in [0.29, 0.717) is 11.5 Å². The number of methoxy groups -OCH3 is 1. The predicted octanol–water partition coefficient (Wildman–Crippen LogP) is 3.90. The van der Waals surface area contributed by atoms with Gasteiger partial charge in [-0.25, -0.2) is 4.98 Å². The zero-order chi connectivity index (χ0) is 17.8. The summed E-state index contributed by atoms with van der Waals surface area (Å²) in [5.74, 6) is 1.05. The van der Waals surface area contributed by atoms with Crippen LogP contribution in [0.5, 0.6) is 11.5 Å². The summed E-state index contributed by atoms with van der Waals surface area (Å²) in [5, 5.41) is 0.911. The van der Waals surface area contributed by atoms with Crippen LogP contribution in [0.1, 0.15) is 18.0 Å². The number of thiazole rings is 1. The minimum Gasteiger partial charge on any atom is -0.493 e. The summed E-state index contributed by atoms with van der Waals surface area (Å²) >= 11 is 1.61. The molecule has 3 rings (SSSR count). The van der Waals surface area contributed by atoms with Crippen LogP contribution in [0.25, 0.3) is 10.2 Å². The van der Waals surface area contributed by atoms with Gasteiger partial charge in [-0.2, -0.15) is 0 Å². The zero-order valence-electron chi connectivity index (χ0n) is 14.4. The molecule has 5 nitrogen and oxygen atoms in total. The fourth-order valence-electron chi connectivity index (χ4n) is 2.43. The molecule has 1 amide bonds. The van der Waals surface area contributed by atoms with E-state index in [1.165, 1.54) is 0 Å². The van der Waals surface area contributed by atoms with Crippen molar-refractivity contribution in [1.29, 1.82) is 0 Å². The van der Waals surface area contributed by atoms with Gasteiger partial charge in [0.05, 0.1) is 23.4 Å². The SMILES string of the molecule is COc1ccccc1OCC(=O)N(C)[C@@H](C)c1nc2ccccc2s1. The summed E-state index contributed by atoms with van der Waals surface area (Å²) in [5.41, 5.74) is 0.959. The highest BCUT2D eigenvalue weighted by Gasteiger charge is 2.21. The third kappa shape index (κ3) is 3.74. The molecular weight excluding hydrogens is 336 g/mol. The maximum atomic E-state index is 12.5. The van der Waals surface area contributed by atoms with E-state index in [9.17, 15) is 4.79 Å². The highest BCUT2D eigenvalue weighted by Crippen LogP contribution is 2.29. The third-order valence-electron chi connectivity index (χ3n) is 4.06. The Morgan fingerprint density at radius 2 is 1.84 bits per heavy atom. The van der Waals surface area contributed by atoms with Crippen molar-refractivity contribution in [2.24, 2.45) is 0 Å². The molecule has 0 aliphatic rings. The fourth-order valence-corrected chi connectivity index (χ4v) is 3.49. The molecule has 0 N–H and O–H groups in total. The van der Waals surface area contributed by atoms with E-state index in [4.69, 9.17) is 9.47 Å². The number of rotatable bonds is 6. The number of aromatic nitrogens is 1. The van der Waals surface area contributed by atoms with Crippen molar-refractivity contribution in [3.63, 3.8) is 0 Å². The molecule has 0 saturated carbocycles. The van der Waals surface area contributed by atoms with Crippen molar-refractivity contribution in [3.05, 3.63) is 53.5 Å². The van der Waals surface area contributed by atoms with Crippen molar-refractivity contribution < 1.29 is 14.3 Å². The van der Waals surface area contributed by atoms with E-state index in [2.05, 4.69) is 4.98 Å². The number of ether oxygens (including phenoxy) is 2. The van der Waals surface area contributed by atoms with Crippen molar-refractivity contribution in [1.82, 2.24) is 9.88 Å². The maximum absolute atomic E-state index is 12.5. The summed E-state index contributed by atoms with van der Waals surface area (Å²) in [6.07, 6.45) is 0. The number of carbonyl (C=O) groups excluding carboxylic acids is 1. The smallest absolute Gasteiger partial charge is 0.260 e. The first kappa shape index (κ1) is 17.2. The Bertz CT molecular complexity index is 845. The number of carbonyl (C=O) groups is 1. The third-order valence-corrected chi connectivity index (χ3v) is 5.27. The highest BCUT2D eigenvalue weighted by atomic mass is 32.1. The first-order chi connectivity index (χ1) is 12.1. The number of amides is 1. The Morgan fingerprint density at radius 3 is 2.56 bits per heavy atom. The molecule has 0 bridgehead atoms. The monoisotopic (exact) mass is 356 g/mol. The lowest BCUT2D eigenvalue weighted by atomic mass is 10.3. The molecule has 0 radical (unpaired) electrons. The van der Waals surface area contributed by atoms with Crippen LogP contribution in [0.3, 0.4) is 0 Å². The van der Waals surface area contributed by atoms with Gasteiger partial charge < -0.3 is 14.4 Å². The second-order valence-corrected chi connectivity index (χ2v) is 6.70. The summed E-state index contributed by atoms with van der Waals surface area (Å²) < 4.78 is 12.0. The Balaban J connectivity index is 1.67. The Morgan fingerprint density at radius 1 is 1.16 bits per heavy atom. The maximum Gasteiger partial charge on any atom is 0.260 e. The topological polar surface area (TPSA) is 51.7 Å². The molecule has 1 heterocycles. The van der Waals surface area contributed by atoms with Gasteiger partial charge in [0.1, 0.15) is 5.01 Å². The standard InChI is InChI=1S/C19H20N2O3S/c1-13(19-20-14-8-4-7-11-17(14)25-19)21(2)18(22)12-24-16-10-6-5-9-15(16)23-3/h4-11,13H,12H2,1-3H3/t13-/m0/s1. The molecule has 0 unspecified atom stereocenters. The molecule has 0 aliphatic heterocycles. The van der Waals surface area contributed by atoms with Gasteiger partial charge in [0.2, 0.25) is 0 Å². The Hall–Kier alpha value is -2.60.